The summed E-state index contributed by atoms with van der Waals surface area (Å²) in [6, 6.07) is 4.85. The van der Waals surface area contributed by atoms with E-state index in [2.05, 4.69) is 10.3 Å². The summed E-state index contributed by atoms with van der Waals surface area (Å²) in [6.45, 7) is 3.75. The highest BCUT2D eigenvalue weighted by Gasteiger charge is 2.16. The van der Waals surface area contributed by atoms with Gasteiger partial charge in [-0.3, -0.25) is 14.6 Å². The van der Waals surface area contributed by atoms with Crippen LogP contribution in [-0.4, -0.2) is 28.5 Å². The van der Waals surface area contributed by atoms with E-state index in [0.29, 0.717) is 10.8 Å². The third-order valence-corrected chi connectivity index (χ3v) is 3.46. The van der Waals surface area contributed by atoms with Gasteiger partial charge in [-0.2, -0.15) is 0 Å². The van der Waals surface area contributed by atoms with Crippen LogP contribution in [0.3, 0.4) is 0 Å². The number of benzene rings is 1. The fraction of sp³-hybridized carbons (Fsp3) is 0.267. The first-order valence-electron chi connectivity index (χ1n) is 7.10. The molecular formula is C15H17ClN4O4. The number of aromatic amines is 2. The van der Waals surface area contributed by atoms with Crippen molar-refractivity contribution in [3.8, 4) is 5.75 Å². The van der Waals surface area contributed by atoms with E-state index in [1.54, 1.807) is 19.1 Å². The number of hydrogen-bond donors (Lipinski definition) is 4. The third kappa shape index (κ3) is 4.17. The molecule has 9 heteroatoms. The smallest absolute Gasteiger partial charge is 0.326 e. The highest BCUT2D eigenvalue weighted by Crippen LogP contribution is 2.22. The third-order valence-electron chi connectivity index (χ3n) is 3.22. The summed E-state index contributed by atoms with van der Waals surface area (Å²) >= 11 is 5.91. The quantitative estimate of drug-likeness (QED) is 0.632. The van der Waals surface area contributed by atoms with Crippen LogP contribution in [0.5, 0.6) is 5.75 Å². The maximum absolute atomic E-state index is 12.1. The Kier molecular flexibility index (Phi) is 5.30. The number of amides is 1. The van der Waals surface area contributed by atoms with E-state index >= 15 is 0 Å². The van der Waals surface area contributed by atoms with Gasteiger partial charge in [-0.05, 0) is 31.5 Å². The molecule has 0 saturated heterocycles. The molecular weight excluding hydrogens is 336 g/mol. The van der Waals surface area contributed by atoms with E-state index in [-0.39, 0.29) is 18.0 Å². The summed E-state index contributed by atoms with van der Waals surface area (Å²) < 4.78 is 5.62. The largest absolute Gasteiger partial charge is 0.491 e. The Hall–Kier alpha value is -2.74. The summed E-state index contributed by atoms with van der Waals surface area (Å²) in [5.74, 6) is -0.0673. The molecule has 8 nitrogen and oxygen atoms in total. The van der Waals surface area contributed by atoms with Crippen molar-refractivity contribution in [1.29, 1.82) is 0 Å². The summed E-state index contributed by atoms with van der Waals surface area (Å²) in [6.07, 6.45) is 0. The van der Waals surface area contributed by atoms with Crippen molar-refractivity contribution in [3.63, 3.8) is 0 Å². The fourth-order valence-corrected chi connectivity index (χ4v) is 2.12. The van der Waals surface area contributed by atoms with Gasteiger partial charge in [0, 0.05) is 5.02 Å². The monoisotopic (exact) mass is 352 g/mol. The first-order valence-corrected chi connectivity index (χ1v) is 7.47. The lowest BCUT2D eigenvalue weighted by Crippen LogP contribution is -2.40. The molecule has 0 saturated carbocycles. The van der Waals surface area contributed by atoms with Crippen LogP contribution in [0.4, 0.5) is 5.69 Å². The van der Waals surface area contributed by atoms with Gasteiger partial charge in [0.05, 0.1) is 6.04 Å². The number of nitrogens with one attached hydrogen (secondary N) is 3. The molecule has 1 aromatic heterocycles. The van der Waals surface area contributed by atoms with Crippen molar-refractivity contribution in [2.45, 2.75) is 19.9 Å². The van der Waals surface area contributed by atoms with Crippen molar-refractivity contribution < 1.29 is 9.53 Å². The molecule has 5 N–H and O–H groups in total. The maximum Gasteiger partial charge on any atom is 0.326 e. The van der Waals surface area contributed by atoms with Gasteiger partial charge in [0.2, 0.25) is 0 Å². The predicted octanol–water partition coefficient (Wildman–Crippen LogP) is 0.805. The Balaban J connectivity index is 2.03. The molecule has 24 heavy (non-hydrogen) atoms. The standard InChI is InChI=1S/C15H17ClN4O4/c1-7-3-4-9(16)5-10(7)24-6-8(2)18-14(22)12-11(17)13(21)20-15(23)19-12/h3-5,8H,6,17H2,1-2H3,(H,18,22)(H2,19,20,21,23)/t8-/m1/s1. The van der Waals surface area contributed by atoms with Crippen LogP contribution in [0, 0.1) is 6.92 Å². The molecule has 1 amide bonds. The highest BCUT2D eigenvalue weighted by atomic mass is 35.5. The lowest BCUT2D eigenvalue weighted by Gasteiger charge is -2.16. The molecule has 0 aliphatic carbocycles. The molecule has 1 aromatic carbocycles. The Morgan fingerprint density at radius 1 is 1.38 bits per heavy atom. The number of halogens is 1. The molecule has 0 unspecified atom stereocenters. The minimum Gasteiger partial charge on any atom is -0.491 e. The SMILES string of the molecule is Cc1ccc(Cl)cc1OC[C@@H](C)NC(=O)c1[nH]c(=O)[nH]c(=O)c1N. The molecule has 0 radical (unpaired) electrons. The Bertz CT molecular complexity index is 875. The molecule has 0 spiro atoms. The minimum absolute atomic E-state index is 0.167. The van der Waals surface area contributed by atoms with E-state index in [0.717, 1.165) is 5.56 Å². The molecule has 2 rings (SSSR count). The number of aromatic nitrogens is 2. The van der Waals surface area contributed by atoms with E-state index in [4.69, 9.17) is 22.1 Å². The summed E-state index contributed by atoms with van der Waals surface area (Å²) in [4.78, 5) is 38.9. The molecule has 0 aliphatic heterocycles. The lowest BCUT2D eigenvalue weighted by atomic mass is 10.2. The minimum atomic E-state index is -0.817. The van der Waals surface area contributed by atoms with Crippen LogP contribution in [0.1, 0.15) is 23.0 Å². The number of rotatable bonds is 5. The van der Waals surface area contributed by atoms with Crippen LogP contribution < -0.4 is 27.0 Å². The van der Waals surface area contributed by atoms with Crippen molar-refractivity contribution in [2.75, 3.05) is 12.3 Å². The van der Waals surface area contributed by atoms with E-state index in [1.165, 1.54) is 0 Å². The van der Waals surface area contributed by atoms with Crippen molar-refractivity contribution in [1.82, 2.24) is 15.3 Å². The molecule has 1 atom stereocenters. The number of carbonyl (C=O) groups excluding carboxylic acids is 1. The fourth-order valence-electron chi connectivity index (χ4n) is 1.96. The summed E-state index contributed by atoms with van der Waals surface area (Å²) in [5.41, 5.74) is 4.15. The van der Waals surface area contributed by atoms with Gasteiger partial charge < -0.3 is 20.8 Å². The first kappa shape index (κ1) is 17.6. The predicted molar refractivity (Wildman–Crippen MR) is 90.7 cm³/mol. The van der Waals surface area contributed by atoms with Gasteiger partial charge in [0.15, 0.2) is 0 Å². The average Bonchev–Trinajstić information content (AvgIpc) is 2.51. The second kappa shape index (κ2) is 7.22. The lowest BCUT2D eigenvalue weighted by molar-refractivity contribution is 0.0922. The average molecular weight is 353 g/mol. The number of aryl methyl sites for hydroxylation is 1. The molecule has 0 aliphatic rings. The Morgan fingerprint density at radius 2 is 2.08 bits per heavy atom. The van der Waals surface area contributed by atoms with Crippen molar-refractivity contribution in [3.05, 3.63) is 55.3 Å². The summed E-state index contributed by atoms with van der Waals surface area (Å²) in [7, 11) is 0. The number of hydrogen-bond acceptors (Lipinski definition) is 5. The number of carbonyl (C=O) groups is 1. The number of ether oxygens (including phenoxy) is 1. The van der Waals surface area contributed by atoms with Gasteiger partial charge >= 0.3 is 5.69 Å². The normalized spacial score (nSPS) is 11.8. The zero-order valence-corrected chi connectivity index (χ0v) is 13.9. The first-order chi connectivity index (χ1) is 11.3. The van der Waals surface area contributed by atoms with Gasteiger partial charge in [-0.1, -0.05) is 17.7 Å². The summed E-state index contributed by atoms with van der Waals surface area (Å²) in [5, 5.41) is 3.14. The molecule has 128 valence electrons. The Morgan fingerprint density at radius 3 is 2.79 bits per heavy atom. The highest BCUT2D eigenvalue weighted by molar-refractivity contribution is 6.30. The van der Waals surface area contributed by atoms with Gasteiger partial charge in [-0.15, -0.1) is 0 Å². The Labute approximate surface area is 142 Å². The van der Waals surface area contributed by atoms with Gasteiger partial charge in [0.25, 0.3) is 11.5 Å². The van der Waals surface area contributed by atoms with Crippen LogP contribution in [-0.2, 0) is 0 Å². The van der Waals surface area contributed by atoms with Crippen LogP contribution >= 0.6 is 11.6 Å². The molecule has 0 fully saturated rings. The zero-order valence-electron chi connectivity index (χ0n) is 13.1. The van der Waals surface area contributed by atoms with E-state index in [9.17, 15) is 14.4 Å². The number of H-pyrrole nitrogens is 2. The van der Waals surface area contributed by atoms with Crippen molar-refractivity contribution >= 4 is 23.2 Å². The second-order valence-corrected chi connectivity index (χ2v) is 5.73. The zero-order chi connectivity index (χ0) is 17.9. The van der Waals surface area contributed by atoms with E-state index in [1.807, 2.05) is 18.0 Å². The molecule has 2 aromatic rings. The molecule has 0 bridgehead atoms. The van der Waals surface area contributed by atoms with Crippen LogP contribution in [0.25, 0.3) is 0 Å². The maximum atomic E-state index is 12.1. The number of nitrogens with two attached hydrogens (primary N) is 1. The topological polar surface area (TPSA) is 130 Å². The number of nitrogen functional groups attached to an aromatic ring is 1. The second-order valence-electron chi connectivity index (χ2n) is 5.29. The van der Waals surface area contributed by atoms with E-state index < -0.39 is 23.2 Å². The van der Waals surface area contributed by atoms with Crippen LogP contribution in [0.15, 0.2) is 27.8 Å². The van der Waals surface area contributed by atoms with Crippen molar-refractivity contribution in [2.24, 2.45) is 0 Å². The van der Waals surface area contributed by atoms with Gasteiger partial charge in [-0.25, -0.2) is 4.79 Å². The van der Waals surface area contributed by atoms with Crippen LogP contribution in [0.2, 0.25) is 5.02 Å². The number of anilines is 1. The molecule has 1 heterocycles. The van der Waals surface area contributed by atoms with Gasteiger partial charge in [0.1, 0.15) is 23.7 Å².